The summed E-state index contributed by atoms with van der Waals surface area (Å²) >= 11 is 0. The van der Waals surface area contributed by atoms with Gasteiger partial charge in [0.25, 0.3) is 0 Å². The van der Waals surface area contributed by atoms with E-state index in [4.69, 9.17) is 9.47 Å². The van der Waals surface area contributed by atoms with E-state index in [9.17, 15) is 9.59 Å². The van der Waals surface area contributed by atoms with Crippen molar-refractivity contribution in [2.24, 2.45) is 0 Å². The van der Waals surface area contributed by atoms with Crippen molar-refractivity contribution in [3.05, 3.63) is 54.1 Å². The topological polar surface area (TPSA) is 71.1 Å². The molecule has 1 heterocycles. The van der Waals surface area contributed by atoms with Gasteiger partial charge in [0, 0.05) is 31.9 Å². The maximum Gasteiger partial charge on any atom is 0.337 e. The summed E-state index contributed by atoms with van der Waals surface area (Å²) in [6, 6.07) is 14.5. The van der Waals surface area contributed by atoms with E-state index in [0.717, 1.165) is 18.8 Å². The first-order valence-corrected chi connectivity index (χ1v) is 8.74. The van der Waals surface area contributed by atoms with Crippen LogP contribution >= 0.6 is 0 Å². The van der Waals surface area contributed by atoms with Crippen LogP contribution in [-0.2, 0) is 4.74 Å². The molecule has 0 bridgehead atoms. The van der Waals surface area contributed by atoms with Gasteiger partial charge in [-0.1, -0.05) is 12.1 Å². The van der Waals surface area contributed by atoms with Gasteiger partial charge in [-0.15, -0.1) is 0 Å². The second-order valence-corrected chi connectivity index (χ2v) is 6.14. The van der Waals surface area contributed by atoms with Crippen LogP contribution in [0.4, 0.5) is 16.2 Å². The number of benzene rings is 2. The van der Waals surface area contributed by atoms with Crippen LogP contribution in [0.5, 0.6) is 5.75 Å². The van der Waals surface area contributed by atoms with Crippen molar-refractivity contribution in [2.75, 3.05) is 50.6 Å². The largest absolute Gasteiger partial charge is 0.495 e. The Bertz CT molecular complexity index is 799. The highest BCUT2D eigenvalue weighted by molar-refractivity contribution is 5.91. The summed E-state index contributed by atoms with van der Waals surface area (Å²) in [4.78, 5) is 28.0. The molecule has 2 amide bonds. The number of nitrogens with zero attached hydrogens (tertiary/aromatic N) is 2. The molecule has 1 N–H and O–H groups in total. The highest BCUT2D eigenvalue weighted by Gasteiger charge is 2.22. The van der Waals surface area contributed by atoms with Gasteiger partial charge in [-0.2, -0.15) is 0 Å². The lowest BCUT2D eigenvalue weighted by molar-refractivity contribution is 0.0600. The lowest BCUT2D eigenvalue weighted by Crippen LogP contribution is -2.50. The monoisotopic (exact) mass is 369 g/mol. The third-order valence-electron chi connectivity index (χ3n) is 4.57. The highest BCUT2D eigenvalue weighted by atomic mass is 16.5. The zero-order chi connectivity index (χ0) is 19.2. The quantitative estimate of drug-likeness (QED) is 0.839. The summed E-state index contributed by atoms with van der Waals surface area (Å²) in [6.45, 7) is 2.66. The number of carbonyl (C=O) groups excluding carboxylic acids is 2. The second kappa shape index (κ2) is 8.44. The summed E-state index contributed by atoms with van der Waals surface area (Å²) < 4.78 is 9.98. The van der Waals surface area contributed by atoms with Gasteiger partial charge in [0.05, 0.1) is 25.5 Å². The van der Waals surface area contributed by atoms with Crippen LogP contribution in [0.3, 0.4) is 0 Å². The number of ether oxygens (including phenoxy) is 2. The van der Waals surface area contributed by atoms with Crippen molar-refractivity contribution in [1.82, 2.24) is 4.90 Å². The Labute approximate surface area is 158 Å². The van der Waals surface area contributed by atoms with Crippen LogP contribution in [0.25, 0.3) is 0 Å². The minimum absolute atomic E-state index is 0.139. The average molecular weight is 369 g/mol. The van der Waals surface area contributed by atoms with E-state index in [1.807, 2.05) is 36.4 Å². The van der Waals surface area contributed by atoms with Gasteiger partial charge < -0.3 is 24.6 Å². The van der Waals surface area contributed by atoms with Crippen LogP contribution in [0, 0.1) is 0 Å². The summed E-state index contributed by atoms with van der Waals surface area (Å²) in [5, 5.41) is 2.90. The van der Waals surface area contributed by atoms with E-state index in [1.165, 1.54) is 7.11 Å². The van der Waals surface area contributed by atoms with Crippen LogP contribution in [0.15, 0.2) is 48.5 Å². The number of anilines is 2. The summed E-state index contributed by atoms with van der Waals surface area (Å²) in [6.07, 6.45) is 0. The minimum atomic E-state index is -0.348. The van der Waals surface area contributed by atoms with E-state index in [0.29, 0.717) is 30.1 Å². The number of rotatable bonds is 4. The number of carbonyl (C=O) groups is 2. The molecule has 2 aromatic carbocycles. The summed E-state index contributed by atoms with van der Waals surface area (Å²) in [5.41, 5.74) is 2.20. The Hall–Kier alpha value is -3.22. The smallest absolute Gasteiger partial charge is 0.337 e. The zero-order valence-electron chi connectivity index (χ0n) is 15.5. The number of amides is 2. The first-order chi connectivity index (χ1) is 13.1. The van der Waals surface area contributed by atoms with Gasteiger partial charge in [0.2, 0.25) is 0 Å². The van der Waals surface area contributed by atoms with Crippen molar-refractivity contribution in [1.29, 1.82) is 0 Å². The van der Waals surface area contributed by atoms with E-state index < -0.39 is 0 Å². The summed E-state index contributed by atoms with van der Waals surface area (Å²) in [5.74, 6) is 0.287. The molecule has 2 aromatic rings. The van der Waals surface area contributed by atoms with Gasteiger partial charge in [0.1, 0.15) is 5.75 Å². The van der Waals surface area contributed by atoms with Gasteiger partial charge in [-0.25, -0.2) is 9.59 Å². The molecule has 0 saturated carbocycles. The fourth-order valence-electron chi connectivity index (χ4n) is 3.04. The van der Waals surface area contributed by atoms with Crippen molar-refractivity contribution < 1.29 is 19.1 Å². The molecule has 0 aliphatic carbocycles. The maximum absolute atomic E-state index is 12.5. The summed E-state index contributed by atoms with van der Waals surface area (Å²) in [7, 11) is 2.95. The molecule has 142 valence electrons. The van der Waals surface area contributed by atoms with E-state index in [2.05, 4.69) is 10.2 Å². The van der Waals surface area contributed by atoms with Crippen LogP contribution in [0.2, 0.25) is 0 Å². The van der Waals surface area contributed by atoms with Crippen molar-refractivity contribution in [3.63, 3.8) is 0 Å². The fraction of sp³-hybridized carbons (Fsp3) is 0.300. The number of esters is 1. The van der Waals surface area contributed by atoms with Gasteiger partial charge in [0.15, 0.2) is 0 Å². The van der Waals surface area contributed by atoms with Crippen molar-refractivity contribution >= 4 is 23.4 Å². The number of nitrogens with one attached hydrogen (secondary N) is 1. The third kappa shape index (κ3) is 4.31. The van der Waals surface area contributed by atoms with Gasteiger partial charge >= 0.3 is 12.0 Å². The minimum Gasteiger partial charge on any atom is -0.495 e. The molecule has 3 rings (SSSR count). The SMILES string of the molecule is COC(=O)c1ccc(N2CCN(C(=O)Nc3ccccc3OC)CC2)cc1. The molecule has 1 saturated heterocycles. The van der Waals surface area contributed by atoms with Crippen molar-refractivity contribution in [2.45, 2.75) is 0 Å². The lowest BCUT2D eigenvalue weighted by atomic mass is 10.2. The molecule has 0 radical (unpaired) electrons. The Morgan fingerprint density at radius 2 is 1.59 bits per heavy atom. The van der Waals surface area contributed by atoms with Crippen LogP contribution in [0.1, 0.15) is 10.4 Å². The zero-order valence-corrected chi connectivity index (χ0v) is 15.5. The first-order valence-electron chi connectivity index (χ1n) is 8.74. The Morgan fingerprint density at radius 1 is 0.926 bits per heavy atom. The predicted octanol–water partition coefficient (Wildman–Crippen LogP) is 2.84. The maximum atomic E-state index is 12.5. The van der Waals surface area contributed by atoms with Gasteiger partial charge in [-0.3, -0.25) is 0 Å². The second-order valence-electron chi connectivity index (χ2n) is 6.14. The molecule has 1 fully saturated rings. The molecule has 0 atom stereocenters. The molecule has 0 aromatic heterocycles. The standard InChI is InChI=1S/C20H23N3O4/c1-26-18-6-4-3-5-17(18)21-20(25)23-13-11-22(12-14-23)16-9-7-15(8-10-16)19(24)27-2/h3-10H,11-14H2,1-2H3,(H,21,25). The number of para-hydroxylation sites is 2. The number of hydrogen-bond acceptors (Lipinski definition) is 5. The van der Waals surface area contributed by atoms with Crippen LogP contribution in [-0.4, -0.2) is 57.3 Å². The number of methoxy groups -OCH3 is 2. The molecule has 0 spiro atoms. The third-order valence-corrected chi connectivity index (χ3v) is 4.57. The molecular formula is C20H23N3O4. The fourth-order valence-corrected chi connectivity index (χ4v) is 3.04. The van der Waals surface area contributed by atoms with Crippen LogP contribution < -0.4 is 15.0 Å². The molecule has 0 unspecified atom stereocenters. The number of hydrogen-bond donors (Lipinski definition) is 1. The molecule has 1 aliphatic rings. The molecule has 27 heavy (non-hydrogen) atoms. The Kier molecular flexibility index (Phi) is 5.80. The molecule has 7 heteroatoms. The lowest BCUT2D eigenvalue weighted by Gasteiger charge is -2.36. The van der Waals surface area contributed by atoms with E-state index >= 15 is 0 Å². The Balaban J connectivity index is 1.57. The highest BCUT2D eigenvalue weighted by Crippen LogP contribution is 2.24. The first kappa shape index (κ1) is 18.6. The Morgan fingerprint density at radius 3 is 2.22 bits per heavy atom. The predicted molar refractivity (Wildman–Crippen MR) is 104 cm³/mol. The van der Waals surface area contributed by atoms with Gasteiger partial charge in [-0.05, 0) is 36.4 Å². The number of urea groups is 1. The number of piperazine rings is 1. The average Bonchev–Trinajstić information content (AvgIpc) is 2.73. The van der Waals surface area contributed by atoms with E-state index in [-0.39, 0.29) is 12.0 Å². The van der Waals surface area contributed by atoms with E-state index in [1.54, 1.807) is 24.1 Å². The molecular weight excluding hydrogens is 346 g/mol. The normalized spacial score (nSPS) is 13.9. The molecule has 1 aliphatic heterocycles. The molecule has 7 nitrogen and oxygen atoms in total. The van der Waals surface area contributed by atoms with Crippen molar-refractivity contribution in [3.8, 4) is 5.75 Å².